The third-order valence-electron chi connectivity index (χ3n) is 3.44. The molecule has 2 aromatic carbocycles. The highest BCUT2D eigenvalue weighted by atomic mass is 35.5. The third-order valence-corrected chi connectivity index (χ3v) is 3.77. The van der Waals surface area contributed by atoms with Crippen molar-refractivity contribution in [3.8, 4) is 5.75 Å². The number of hydrogen-bond acceptors (Lipinski definition) is 5. The highest BCUT2D eigenvalue weighted by molar-refractivity contribution is 6.33. The zero-order valence-corrected chi connectivity index (χ0v) is 14.7. The SMILES string of the molecule is COC(=O)c1ccc(Cl)c(NC(=O)CCNc2ccccc2OC)c1. The van der Waals surface area contributed by atoms with Crippen molar-refractivity contribution >= 4 is 34.9 Å². The minimum Gasteiger partial charge on any atom is -0.495 e. The van der Waals surface area contributed by atoms with Gasteiger partial charge in [0.1, 0.15) is 5.75 Å². The number of rotatable bonds is 7. The maximum Gasteiger partial charge on any atom is 0.337 e. The fourth-order valence-electron chi connectivity index (χ4n) is 2.18. The van der Waals surface area contributed by atoms with Gasteiger partial charge < -0.3 is 20.1 Å². The van der Waals surface area contributed by atoms with E-state index in [4.69, 9.17) is 16.3 Å². The van der Waals surface area contributed by atoms with Gasteiger partial charge >= 0.3 is 5.97 Å². The van der Waals surface area contributed by atoms with E-state index >= 15 is 0 Å². The van der Waals surface area contributed by atoms with Crippen LogP contribution in [0.15, 0.2) is 42.5 Å². The first kappa shape index (κ1) is 18.6. The number of carbonyl (C=O) groups is 2. The average Bonchev–Trinajstić information content (AvgIpc) is 2.63. The van der Waals surface area contributed by atoms with E-state index in [0.717, 1.165) is 5.69 Å². The largest absolute Gasteiger partial charge is 0.495 e. The number of nitrogens with one attached hydrogen (secondary N) is 2. The maximum absolute atomic E-state index is 12.1. The van der Waals surface area contributed by atoms with Crippen molar-refractivity contribution in [1.29, 1.82) is 0 Å². The molecule has 0 aliphatic carbocycles. The van der Waals surface area contributed by atoms with Crippen LogP contribution in [0.3, 0.4) is 0 Å². The molecule has 0 saturated heterocycles. The summed E-state index contributed by atoms with van der Waals surface area (Å²) in [7, 11) is 2.88. The molecular weight excluding hydrogens is 344 g/mol. The van der Waals surface area contributed by atoms with Gasteiger partial charge in [-0.05, 0) is 30.3 Å². The molecule has 1 amide bonds. The molecule has 0 aliphatic rings. The normalized spacial score (nSPS) is 10.0. The maximum atomic E-state index is 12.1. The van der Waals surface area contributed by atoms with Gasteiger partial charge in [0.25, 0.3) is 0 Å². The zero-order valence-electron chi connectivity index (χ0n) is 14.0. The van der Waals surface area contributed by atoms with Crippen molar-refractivity contribution in [1.82, 2.24) is 0 Å². The molecule has 2 N–H and O–H groups in total. The number of anilines is 2. The van der Waals surface area contributed by atoms with Gasteiger partial charge in [0.15, 0.2) is 0 Å². The molecule has 0 radical (unpaired) electrons. The lowest BCUT2D eigenvalue weighted by atomic mass is 10.2. The van der Waals surface area contributed by atoms with Gasteiger partial charge in [-0.1, -0.05) is 23.7 Å². The van der Waals surface area contributed by atoms with Gasteiger partial charge in [-0.15, -0.1) is 0 Å². The molecule has 132 valence electrons. The monoisotopic (exact) mass is 362 g/mol. The van der Waals surface area contributed by atoms with E-state index in [1.807, 2.05) is 24.3 Å². The Morgan fingerprint density at radius 1 is 1.08 bits per heavy atom. The second-order valence-corrected chi connectivity index (χ2v) is 5.52. The first-order valence-electron chi connectivity index (χ1n) is 7.59. The fourth-order valence-corrected chi connectivity index (χ4v) is 2.34. The summed E-state index contributed by atoms with van der Waals surface area (Å²) in [5.41, 5.74) is 1.49. The van der Waals surface area contributed by atoms with Crippen molar-refractivity contribution in [2.45, 2.75) is 6.42 Å². The Bertz CT molecular complexity index is 764. The van der Waals surface area contributed by atoms with Crippen LogP contribution in [0.5, 0.6) is 5.75 Å². The number of methoxy groups -OCH3 is 2. The predicted octanol–water partition coefficient (Wildman–Crippen LogP) is 3.58. The molecule has 0 heterocycles. The lowest BCUT2D eigenvalue weighted by Crippen LogP contribution is -2.17. The number of para-hydroxylation sites is 2. The number of esters is 1. The quantitative estimate of drug-likeness (QED) is 0.736. The molecule has 2 aromatic rings. The number of halogens is 1. The molecule has 0 atom stereocenters. The summed E-state index contributed by atoms with van der Waals surface area (Å²) in [6.07, 6.45) is 0.219. The van der Waals surface area contributed by atoms with Gasteiger partial charge in [-0.2, -0.15) is 0 Å². The minimum absolute atomic E-state index is 0.219. The zero-order chi connectivity index (χ0) is 18.2. The molecule has 0 fully saturated rings. The summed E-state index contributed by atoms with van der Waals surface area (Å²) >= 11 is 6.06. The van der Waals surface area contributed by atoms with Crippen molar-refractivity contribution < 1.29 is 19.1 Å². The van der Waals surface area contributed by atoms with E-state index < -0.39 is 5.97 Å². The van der Waals surface area contributed by atoms with Crippen LogP contribution in [0.2, 0.25) is 5.02 Å². The van der Waals surface area contributed by atoms with Crippen LogP contribution in [0, 0.1) is 0 Å². The average molecular weight is 363 g/mol. The highest BCUT2D eigenvalue weighted by Gasteiger charge is 2.11. The molecule has 0 aromatic heterocycles. The molecule has 2 rings (SSSR count). The molecule has 0 saturated carbocycles. The lowest BCUT2D eigenvalue weighted by molar-refractivity contribution is -0.115. The van der Waals surface area contributed by atoms with Gasteiger partial charge in [-0.3, -0.25) is 4.79 Å². The van der Waals surface area contributed by atoms with Crippen LogP contribution in [0.4, 0.5) is 11.4 Å². The summed E-state index contributed by atoms with van der Waals surface area (Å²) in [4.78, 5) is 23.7. The first-order valence-corrected chi connectivity index (χ1v) is 7.97. The molecule has 0 spiro atoms. The molecule has 6 nitrogen and oxygen atoms in total. The third kappa shape index (κ3) is 5.12. The van der Waals surface area contributed by atoms with Crippen LogP contribution in [-0.2, 0) is 9.53 Å². The molecule has 0 aliphatic heterocycles. The van der Waals surface area contributed by atoms with Gasteiger partial charge in [0, 0.05) is 13.0 Å². The molecule has 0 unspecified atom stereocenters. The summed E-state index contributed by atoms with van der Waals surface area (Å²) in [5, 5.41) is 6.18. The highest BCUT2D eigenvalue weighted by Crippen LogP contribution is 2.24. The van der Waals surface area contributed by atoms with Crippen LogP contribution in [0.25, 0.3) is 0 Å². The summed E-state index contributed by atoms with van der Waals surface area (Å²) in [6.45, 7) is 0.417. The standard InChI is InChI=1S/C18H19ClN2O4/c1-24-16-6-4-3-5-14(16)20-10-9-17(22)21-15-11-12(18(23)25-2)7-8-13(15)19/h3-8,11,20H,9-10H2,1-2H3,(H,21,22). The Hall–Kier alpha value is -2.73. The number of benzene rings is 2. The number of amides is 1. The molecule has 0 bridgehead atoms. The van der Waals surface area contributed by atoms with E-state index in [0.29, 0.717) is 28.6 Å². The van der Waals surface area contributed by atoms with Gasteiger partial charge in [0.05, 0.1) is 36.2 Å². The molecular formula is C18H19ClN2O4. The topological polar surface area (TPSA) is 76.7 Å². The Labute approximate surface area is 151 Å². The Morgan fingerprint density at radius 2 is 1.84 bits per heavy atom. The van der Waals surface area contributed by atoms with Crippen LogP contribution in [-0.4, -0.2) is 32.6 Å². The second kappa shape index (κ2) is 8.94. The summed E-state index contributed by atoms with van der Waals surface area (Å²) < 4.78 is 9.89. The van der Waals surface area contributed by atoms with E-state index in [1.165, 1.54) is 25.3 Å². The Balaban J connectivity index is 1.93. The molecule has 25 heavy (non-hydrogen) atoms. The Morgan fingerprint density at radius 3 is 2.56 bits per heavy atom. The van der Waals surface area contributed by atoms with E-state index in [2.05, 4.69) is 15.4 Å². The lowest BCUT2D eigenvalue weighted by Gasteiger charge is -2.12. The smallest absolute Gasteiger partial charge is 0.337 e. The minimum atomic E-state index is -0.495. The van der Waals surface area contributed by atoms with E-state index in [9.17, 15) is 9.59 Å². The number of carbonyl (C=O) groups excluding carboxylic acids is 2. The van der Waals surface area contributed by atoms with Crippen LogP contribution >= 0.6 is 11.6 Å². The van der Waals surface area contributed by atoms with Gasteiger partial charge in [-0.25, -0.2) is 4.79 Å². The number of ether oxygens (including phenoxy) is 2. The fraction of sp³-hybridized carbons (Fsp3) is 0.222. The van der Waals surface area contributed by atoms with Crippen LogP contribution in [0.1, 0.15) is 16.8 Å². The second-order valence-electron chi connectivity index (χ2n) is 5.11. The Kier molecular flexibility index (Phi) is 6.65. The van der Waals surface area contributed by atoms with Crippen molar-refractivity contribution in [2.75, 3.05) is 31.4 Å². The molecule has 7 heteroatoms. The van der Waals surface area contributed by atoms with Crippen molar-refractivity contribution in [3.63, 3.8) is 0 Å². The van der Waals surface area contributed by atoms with E-state index in [1.54, 1.807) is 7.11 Å². The van der Waals surface area contributed by atoms with Crippen molar-refractivity contribution in [2.24, 2.45) is 0 Å². The summed E-state index contributed by atoms with van der Waals surface area (Å²) in [5.74, 6) is -0.0203. The summed E-state index contributed by atoms with van der Waals surface area (Å²) in [6, 6.07) is 12.0. The van der Waals surface area contributed by atoms with E-state index in [-0.39, 0.29) is 12.3 Å². The van der Waals surface area contributed by atoms with Crippen molar-refractivity contribution in [3.05, 3.63) is 53.1 Å². The predicted molar refractivity (Wildman–Crippen MR) is 97.5 cm³/mol. The van der Waals surface area contributed by atoms with Crippen LogP contribution < -0.4 is 15.4 Å². The van der Waals surface area contributed by atoms with Gasteiger partial charge in [0.2, 0.25) is 5.91 Å². The number of hydrogen-bond donors (Lipinski definition) is 2. The first-order chi connectivity index (χ1) is 12.0.